The van der Waals surface area contributed by atoms with Crippen molar-refractivity contribution in [3.63, 3.8) is 0 Å². The quantitative estimate of drug-likeness (QED) is 0.528. The molecule has 0 spiro atoms. The molecule has 0 aromatic carbocycles. The molecule has 11 heteroatoms. The van der Waals surface area contributed by atoms with Crippen LogP contribution in [0.1, 0.15) is 55.9 Å². The summed E-state index contributed by atoms with van der Waals surface area (Å²) >= 11 is 0. The van der Waals surface area contributed by atoms with Gasteiger partial charge in [-0.2, -0.15) is 14.7 Å². The number of hydrogen-bond donors (Lipinski definition) is 1. The van der Waals surface area contributed by atoms with Gasteiger partial charge in [0.2, 0.25) is 5.91 Å². The molecule has 0 aliphatic heterocycles. The summed E-state index contributed by atoms with van der Waals surface area (Å²) in [5, 5.41) is 23.9. The van der Waals surface area contributed by atoms with E-state index >= 15 is 0 Å². The van der Waals surface area contributed by atoms with E-state index in [0.29, 0.717) is 34.5 Å². The third-order valence-corrected chi connectivity index (χ3v) is 5.11. The molecule has 0 unspecified atom stereocenters. The molecule has 11 nitrogen and oxygen atoms in total. The molecule has 1 saturated carbocycles. The third kappa shape index (κ3) is 3.11. The number of amides is 1. The molecule has 1 N–H and O–H groups in total. The van der Waals surface area contributed by atoms with Crippen LogP contribution >= 0.6 is 0 Å². The van der Waals surface area contributed by atoms with Crippen molar-refractivity contribution in [3.8, 4) is 0 Å². The van der Waals surface area contributed by atoms with Gasteiger partial charge in [-0.25, -0.2) is 9.20 Å². The van der Waals surface area contributed by atoms with Crippen LogP contribution in [0.2, 0.25) is 0 Å². The third-order valence-electron chi connectivity index (χ3n) is 5.11. The molecule has 0 atom stereocenters. The molecule has 0 radical (unpaired) electrons. The van der Waals surface area contributed by atoms with E-state index in [1.807, 2.05) is 19.9 Å². The zero-order valence-electron chi connectivity index (χ0n) is 16.9. The van der Waals surface area contributed by atoms with Gasteiger partial charge in [0.25, 0.3) is 5.56 Å². The second-order valence-corrected chi connectivity index (χ2v) is 7.90. The van der Waals surface area contributed by atoms with E-state index in [-0.39, 0.29) is 18.0 Å². The second-order valence-electron chi connectivity index (χ2n) is 7.90. The molecule has 5 rings (SSSR count). The summed E-state index contributed by atoms with van der Waals surface area (Å²) in [6, 6.07) is 5.17. The standard InChI is InChI=1S/C19H21N9O2/c1-10(2)18-25-26(19(30)14-8-13(12-4-5-12)23-28(14)18)9-17(29)20-15-6-7-16-22-21-11(3)27(16)24-15/h6-8,10,12H,4-5,9H2,1-3H3,(H,20,24,29). The molecule has 1 fully saturated rings. The van der Waals surface area contributed by atoms with Crippen LogP contribution in [0.4, 0.5) is 5.82 Å². The molecule has 1 aliphatic carbocycles. The highest BCUT2D eigenvalue weighted by Crippen LogP contribution is 2.39. The fourth-order valence-corrected chi connectivity index (χ4v) is 3.40. The lowest BCUT2D eigenvalue weighted by Gasteiger charge is -2.11. The summed E-state index contributed by atoms with van der Waals surface area (Å²) in [6.45, 7) is 5.51. The minimum Gasteiger partial charge on any atom is -0.308 e. The molecule has 4 aromatic rings. The highest BCUT2D eigenvalue weighted by molar-refractivity contribution is 5.89. The minimum atomic E-state index is -0.400. The first-order valence-corrected chi connectivity index (χ1v) is 9.90. The van der Waals surface area contributed by atoms with Crippen molar-refractivity contribution in [2.45, 2.75) is 52.0 Å². The van der Waals surface area contributed by atoms with Crippen LogP contribution in [0.15, 0.2) is 23.0 Å². The van der Waals surface area contributed by atoms with Crippen LogP contribution < -0.4 is 10.9 Å². The second kappa shape index (κ2) is 6.71. The van der Waals surface area contributed by atoms with Crippen LogP contribution in [-0.4, -0.2) is 45.1 Å². The normalized spacial score (nSPS) is 14.1. The minimum absolute atomic E-state index is 0.0372. The summed E-state index contributed by atoms with van der Waals surface area (Å²) < 4.78 is 4.36. The molecule has 0 bridgehead atoms. The van der Waals surface area contributed by atoms with E-state index in [2.05, 4.69) is 30.8 Å². The smallest absolute Gasteiger partial charge is 0.293 e. The Hall–Kier alpha value is -3.63. The summed E-state index contributed by atoms with van der Waals surface area (Å²) in [5.41, 5.74) is 1.61. The Morgan fingerprint density at radius 2 is 1.97 bits per heavy atom. The van der Waals surface area contributed by atoms with Crippen molar-refractivity contribution in [1.82, 2.24) is 39.2 Å². The lowest BCUT2D eigenvalue weighted by atomic mass is 10.2. The van der Waals surface area contributed by atoms with Gasteiger partial charge in [-0.05, 0) is 38.0 Å². The average Bonchev–Trinajstić information content (AvgIpc) is 3.36. The fourth-order valence-electron chi connectivity index (χ4n) is 3.40. The number of anilines is 1. The maximum absolute atomic E-state index is 13.0. The summed E-state index contributed by atoms with van der Waals surface area (Å²) in [5.74, 6) is 1.65. The zero-order valence-corrected chi connectivity index (χ0v) is 16.9. The van der Waals surface area contributed by atoms with Crippen molar-refractivity contribution in [2.24, 2.45) is 0 Å². The zero-order chi connectivity index (χ0) is 21.0. The number of nitrogens with one attached hydrogen (secondary N) is 1. The van der Waals surface area contributed by atoms with Crippen molar-refractivity contribution in [2.75, 3.05) is 5.32 Å². The maximum Gasteiger partial charge on any atom is 0.293 e. The van der Waals surface area contributed by atoms with Gasteiger partial charge in [-0.3, -0.25) is 9.59 Å². The van der Waals surface area contributed by atoms with Gasteiger partial charge in [0.1, 0.15) is 12.1 Å². The first-order chi connectivity index (χ1) is 14.4. The summed E-state index contributed by atoms with van der Waals surface area (Å²) in [4.78, 5) is 25.6. The summed E-state index contributed by atoms with van der Waals surface area (Å²) in [7, 11) is 0. The number of aromatic nitrogens is 8. The molecule has 1 aliphatic rings. The number of nitrogens with zero attached hydrogens (tertiary/aromatic N) is 8. The van der Waals surface area contributed by atoms with Gasteiger partial charge < -0.3 is 5.32 Å². The lowest BCUT2D eigenvalue weighted by molar-refractivity contribution is -0.117. The Labute approximate surface area is 170 Å². The number of rotatable bonds is 5. The van der Waals surface area contributed by atoms with E-state index in [1.54, 1.807) is 23.6 Å². The van der Waals surface area contributed by atoms with Crippen LogP contribution in [-0.2, 0) is 11.3 Å². The molecule has 4 heterocycles. The molecular formula is C19H21N9O2. The SMILES string of the molecule is Cc1nnc2ccc(NC(=O)Cn3nc(C(C)C)n4nc(C5CC5)cc4c3=O)nn12. The molecule has 4 aromatic heterocycles. The predicted octanol–water partition coefficient (Wildman–Crippen LogP) is 1.28. The highest BCUT2D eigenvalue weighted by atomic mass is 16.2. The van der Waals surface area contributed by atoms with Gasteiger partial charge in [0.05, 0.1) is 5.69 Å². The molecule has 30 heavy (non-hydrogen) atoms. The van der Waals surface area contributed by atoms with E-state index in [4.69, 9.17) is 0 Å². The highest BCUT2D eigenvalue weighted by Gasteiger charge is 2.28. The van der Waals surface area contributed by atoms with Gasteiger partial charge >= 0.3 is 0 Å². The van der Waals surface area contributed by atoms with Gasteiger partial charge in [-0.1, -0.05) is 13.8 Å². The van der Waals surface area contributed by atoms with E-state index in [1.165, 1.54) is 9.20 Å². The van der Waals surface area contributed by atoms with E-state index in [9.17, 15) is 9.59 Å². The molecule has 0 saturated heterocycles. The Balaban J connectivity index is 1.46. The Morgan fingerprint density at radius 3 is 2.70 bits per heavy atom. The lowest BCUT2D eigenvalue weighted by Crippen LogP contribution is -2.32. The molecule has 154 valence electrons. The predicted molar refractivity (Wildman–Crippen MR) is 107 cm³/mol. The van der Waals surface area contributed by atoms with Crippen LogP contribution in [0.5, 0.6) is 0 Å². The van der Waals surface area contributed by atoms with Gasteiger partial charge in [-0.15, -0.1) is 15.3 Å². The van der Waals surface area contributed by atoms with Crippen molar-refractivity contribution in [1.29, 1.82) is 0 Å². The fraction of sp³-hybridized carbons (Fsp3) is 0.421. The number of carbonyl (C=O) groups is 1. The van der Waals surface area contributed by atoms with Crippen LogP contribution in [0.25, 0.3) is 11.2 Å². The average molecular weight is 407 g/mol. The summed E-state index contributed by atoms with van der Waals surface area (Å²) in [6.07, 6.45) is 2.18. The Kier molecular flexibility index (Phi) is 4.12. The number of carbonyl (C=O) groups excluding carboxylic acids is 1. The van der Waals surface area contributed by atoms with Gasteiger partial charge in [0, 0.05) is 11.8 Å². The number of hydrogen-bond acceptors (Lipinski definition) is 7. The number of aryl methyl sites for hydroxylation is 1. The van der Waals surface area contributed by atoms with Crippen molar-refractivity contribution in [3.05, 3.63) is 45.9 Å². The Bertz CT molecular complexity index is 1340. The number of fused-ring (bicyclic) bond motifs is 2. The topological polar surface area (TPSA) is 124 Å². The van der Waals surface area contributed by atoms with E-state index < -0.39 is 5.91 Å². The maximum atomic E-state index is 13.0. The van der Waals surface area contributed by atoms with Crippen LogP contribution in [0, 0.1) is 6.92 Å². The Morgan fingerprint density at radius 1 is 1.17 bits per heavy atom. The van der Waals surface area contributed by atoms with Crippen molar-refractivity contribution >= 4 is 22.9 Å². The monoisotopic (exact) mass is 407 g/mol. The van der Waals surface area contributed by atoms with E-state index in [0.717, 1.165) is 18.5 Å². The first kappa shape index (κ1) is 18.4. The van der Waals surface area contributed by atoms with Gasteiger partial charge in [0.15, 0.2) is 23.1 Å². The first-order valence-electron chi connectivity index (χ1n) is 9.90. The largest absolute Gasteiger partial charge is 0.308 e. The molecule has 1 amide bonds. The van der Waals surface area contributed by atoms with Crippen LogP contribution in [0.3, 0.4) is 0 Å². The van der Waals surface area contributed by atoms with Crippen molar-refractivity contribution < 1.29 is 4.79 Å². The molecular weight excluding hydrogens is 386 g/mol.